The number of hydrogen-bond acceptors (Lipinski definition) is 5. The van der Waals surface area contributed by atoms with Crippen molar-refractivity contribution in [2.45, 2.75) is 39.7 Å². The van der Waals surface area contributed by atoms with Gasteiger partial charge >= 0.3 is 0 Å². The van der Waals surface area contributed by atoms with Gasteiger partial charge in [-0.05, 0) is 37.1 Å². The summed E-state index contributed by atoms with van der Waals surface area (Å²) in [5.41, 5.74) is 1.23. The van der Waals surface area contributed by atoms with E-state index in [0.717, 1.165) is 37.2 Å². The summed E-state index contributed by atoms with van der Waals surface area (Å²) < 4.78 is 5.43. The van der Waals surface area contributed by atoms with E-state index in [1.807, 2.05) is 43.9 Å². The zero-order valence-corrected chi connectivity index (χ0v) is 17.6. The van der Waals surface area contributed by atoms with Crippen molar-refractivity contribution in [3.8, 4) is 17.0 Å². The van der Waals surface area contributed by atoms with E-state index in [1.54, 1.807) is 19.4 Å². The molecule has 1 fully saturated rings. The third-order valence-corrected chi connectivity index (χ3v) is 5.09. The molecule has 2 heterocycles. The van der Waals surface area contributed by atoms with Crippen LogP contribution < -0.4 is 10.1 Å². The average molecular weight is 403 g/mol. The van der Waals surface area contributed by atoms with E-state index < -0.39 is 0 Å². The Balaban J connectivity index is 1.68. The maximum Gasteiger partial charge on any atom is 0.227 e. The molecule has 1 saturated heterocycles. The van der Waals surface area contributed by atoms with Gasteiger partial charge in [-0.1, -0.05) is 32.4 Å². The highest BCUT2D eigenvalue weighted by atomic mass is 35.5. The van der Waals surface area contributed by atoms with Gasteiger partial charge in [0.1, 0.15) is 5.75 Å². The molecule has 1 N–H and O–H groups in total. The predicted molar refractivity (Wildman–Crippen MR) is 112 cm³/mol. The second kappa shape index (κ2) is 8.35. The first kappa shape index (κ1) is 20.4. The number of nitrogens with zero attached hydrogens (tertiary/aromatic N) is 3. The van der Waals surface area contributed by atoms with Gasteiger partial charge in [-0.15, -0.1) is 0 Å². The van der Waals surface area contributed by atoms with Crippen molar-refractivity contribution in [3.05, 3.63) is 35.5 Å². The van der Waals surface area contributed by atoms with Crippen molar-refractivity contribution in [2.75, 3.05) is 25.5 Å². The summed E-state index contributed by atoms with van der Waals surface area (Å²) in [6, 6.07) is 7.53. The molecule has 1 aliphatic rings. The van der Waals surface area contributed by atoms with Crippen LogP contribution in [0.4, 0.5) is 5.95 Å². The quantitative estimate of drug-likeness (QED) is 0.827. The van der Waals surface area contributed by atoms with Crippen LogP contribution in [0.25, 0.3) is 11.3 Å². The fraction of sp³-hybridized carbons (Fsp3) is 0.476. The zero-order chi connectivity index (χ0) is 20.3. The van der Waals surface area contributed by atoms with Crippen molar-refractivity contribution < 1.29 is 9.53 Å². The average Bonchev–Trinajstić information content (AvgIpc) is 2.67. The smallest absolute Gasteiger partial charge is 0.227 e. The van der Waals surface area contributed by atoms with Gasteiger partial charge < -0.3 is 15.0 Å². The second-order valence-electron chi connectivity index (χ2n) is 8.07. The lowest BCUT2D eigenvalue weighted by Gasteiger charge is -2.36. The first-order chi connectivity index (χ1) is 13.3. The minimum absolute atomic E-state index is 0.206. The van der Waals surface area contributed by atoms with Gasteiger partial charge in [0.05, 0.1) is 12.8 Å². The van der Waals surface area contributed by atoms with Crippen LogP contribution in [0.5, 0.6) is 5.75 Å². The summed E-state index contributed by atoms with van der Waals surface area (Å²) in [5, 5.41) is 4.03. The highest BCUT2D eigenvalue weighted by molar-refractivity contribution is 6.30. The minimum Gasteiger partial charge on any atom is -0.496 e. The molecule has 7 heteroatoms. The number of likely N-dealkylation sites (tertiary alicyclic amines) is 1. The number of nitrogens with one attached hydrogen (secondary N) is 1. The molecular formula is C21H27ClN4O2. The summed E-state index contributed by atoms with van der Waals surface area (Å²) >= 11 is 6.14. The van der Waals surface area contributed by atoms with Crippen LogP contribution in [0.3, 0.4) is 0 Å². The standard InChI is InChI=1S/C21H27ClN4O2/c1-21(2,3)19(27)26-11-8-15(9-12-26)24-20-23-10-7-17(25-20)16-13-14(22)5-6-18(16)28-4/h5-7,10,13,15H,8-9,11-12H2,1-4H3,(H,23,24,25). The Labute approximate surface area is 171 Å². The predicted octanol–water partition coefficient (Wildman–Crippen LogP) is 4.25. The van der Waals surface area contributed by atoms with Crippen LogP contribution >= 0.6 is 11.6 Å². The van der Waals surface area contributed by atoms with Crippen LogP contribution in [0.1, 0.15) is 33.6 Å². The molecule has 1 aromatic carbocycles. The molecule has 28 heavy (non-hydrogen) atoms. The van der Waals surface area contributed by atoms with Crippen LogP contribution in [0, 0.1) is 5.41 Å². The summed E-state index contributed by atoms with van der Waals surface area (Å²) in [7, 11) is 1.62. The molecule has 1 amide bonds. The molecule has 3 rings (SSSR count). The third kappa shape index (κ3) is 4.73. The van der Waals surface area contributed by atoms with E-state index in [9.17, 15) is 4.79 Å². The first-order valence-corrected chi connectivity index (χ1v) is 9.88. The number of methoxy groups -OCH3 is 1. The molecule has 0 spiro atoms. The van der Waals surface area contributed by atoms with Crippen LogP contribution in [-0.4, -0.2) is 47.0 Å². The zero-order valence-electron chi connectivity index (χ0n) is 16.8. The molecule has 2 aromatic rings. The van der Waals surface area contributed by atoms with Crippen LogP contribution in [-0.2, 0) is 4.79 Å². The Bertz CT molecular complexity index is 843. The fourth-order valence-corrected chi connectivity index (χ4v) is 3.51. The monoisotopic (exact) mass is 402 g/mol. The number of carbonyl (C=O) groups is 1. The van der Waals surface area contributed by atoms with Gasteiger partial charge in [0.2, 0.25) is 11.9 Å². The van der Waals surface area contributed by atoms with Crippen molar-refractivity contribution in [2.24, 2.45) is 5.41 Å². The summed E-state index contributed by atoms with van der Waals surface area (Å²) in [6.45, 7) is 7.38. The maximum absolute atomic E-state index is 12.4. The maximum atomic E-state index is 12.4. The van der Waals surface area contributed by atoms with Crippen LogP contribution in [0.2, 0.25) is 5.02 Å². The summed E-state index contributed by atoms with van der Waals surface area (Å²) in [5.74, 6) is 1.49. The fourth-order valence-electron chi connectivity index (χ4n) is 3.34. The molecular weight excluding hydrogens is 376 g/mol. The first-order valence-electron chi connectivity index (χ1n) is 9.51. The largest absolute Gasteiger partial charge is 0.496 e. The molecule has 6 nitrogen and oxygen atoms in total. The number of piperidine rings is 1. The normalized spacial score (nSPS) is 15.4. The van der Waals surface area contributed by atoms with Crippen molar-refractivity contribution in [1.29, 1.82) is 0 Å². The topological polar surface area (TPSA) is 67.3 Å². The van der Waals surface area contributed by atoms with E-state index >= 15 is 0 Å². The molecule has 150 valence electrons. The van der Waals surface area contributed by atoms with Crippen molar-refractivity contribution in [3.63, 3.8) is 0 Å². The lowest BCUT2D eigenvalue weighted by Crippen LogP contribution is -2.46. The van der Waals surface area contributed by atoms with Crippen molar-refractivity contribution in [1.82, 2.24) is 14.9 Å². The second-order valence-corrected chi connectivity index (χ2v) is 8.51. The molecule has 0 unspecified atom stereocenters. The molecule has 0 radical (unpaired) electrons. The molecule has 0 saturated carbocycles. The number of aromatic nitrogens is 2. The number of anilines is 1. The molecule has 1 aliphatic heterocycles. The molecule has 0 atom stereocenters. The molecule has 0 aliphatic carbocycles. The number of benzene rings is 1. The minimum atomic E-state index is -0.340. The van der Waals surface area contributed by atoms with Gasteiger partial charge in [0.15, 0.2) is 0 Å². The highest BCUT2D eigenvalue weighted by Crippen LogP contribution is 2.31. The summed E-state index contributed by atoms with van der Waals surface area (Å²) in [6.07, 6.45) is 3.47. The number of ether oxygens (including phenoxy) is 1. The van der Waals surface area contributed by atoms with Crippen molar-refractivity contribution >= 4 is 23.5 Å². The lowest BCUT2D eigenvalue weighted by molar-refractivity contribution is -0.140. The third-order valence-electron chi connectivity index (χ3n) is 4.85. The summed E-state index contributed by atoms with van der Waals surface area (Å²) in [4.78, 5) is 23.4. The van der Waals surface area contributed by atoms with Gasteiger partial charge in [-0.2, -0.15) is 0 Å². The number of carbonyl (C=O) groups excluding carboxylic acids is 1. The Morgan fingerprint density at radius 1 is 1.25 bits per heavy atom. The van der Waals surface area contributed by atoms with E-state index in [4.69, 9.17) is 16.3 Å². The van der Waals surface area contributed by atoms with E-state index in [0.29, 0.717) is 16.7 Å². The van der Waals surface area contributed by atoms with Gasteiger partial charge in [-0.3, -0.25) is 4.79 Å². The molecule has 1 aromatic heterocycles. The number of halogens is 1. The highest BCUT2D eigenvalue weighted by Gasteiger charge is 2.30. The molecule has 0 bridgehead atoms. The SMILES string of the molecule is COc1ccc(Cl)cc1-c1ccnc(NC2CCN(C(=O)C(C)(C)C)CC2)n1. The Hall–Kier alpha value is -2.34. The Morgan fingerprint density at radius 3 is 2.61 bits per heavy atom. The Kier molecular flexibility index (Phi) is 6.08. The van der Waals surface area contributed by atoms with Crippen LogP contribution in [0.15, 0.2) is 30.5 Å². The van der Waals surface area contributed by atoms with Gasteiger partial charge in [0.25, 0.3) is 0 Å². The number of hydrogen-bond donors (Lipinski definition) is 1. The van der Waals surface area contributed by atoms with Gasteiger partial charge in [0, 0.05) is 41.3 Å². The Morgan fingerprint density at radius 2 is 1.96 bits per heavy atom. The van der Waals surface area contributed by atoms with Gasteiger partial charge in [-0.25, -0.2) is 9.97 Å². The lowest BCUT2D eigenvalue weighted by atomic mass is 9.93. The number of rotatable bonds is 4. The number of amides is 1. The van der Waals surface area contributed by atoms with E-state index in [1.165, 1.54) is 0 Å². The van der Waals surface area contributed by atoms with E-state index in [2.05, 4.69) is 15.3 Å². The van der Waals surface area contributed by atoms with E-state index in [-0.39, 0.29) is 17.4 Å².